The quantitative estimate of drug-likeness (QED) is 0.751. The van der Waals surface area contributed by atoms with Crippen molar-refractivity contribution in [1.82, 2.24) is 9.34 Å². The minimum atomic E-state index is -3.10. The average molecular weight is 284 g/mol. The Morgan fingerprint density at radius 3 is 2.16 bits per heavy atom. The van der Waals surface area contributed by atoms with E-state index in [2.05, 4.69) is 0 Å². The van der Waals surface area contributed by atoms with Gasteiger partial charge in [-0.05, 0) is 41.2 Å². The van der Waals surface area contributed by atoms with Crippen LogP contribution in [-0.2, 0) is 15.8 Å². The number of benzene rings is 1. The van der Waals surface area contributed by atoms with Crippen LogP contribution >= 0.6 is 7.67 Å². The number of rotatable bonds is 6. The van der Waals surface area contributed by atoms with Crippen LogP contribution in [0.15, 0.2) is 24.3 Å². The molecule has 0 fully saturated rings. The number of carbonyl (C=O) groups excluding carboxylic acids is 1. The van der Waals surface area contributed by atoms with Crippen LogP contribution in [0.1, 0.15) is 12.5 Å². The third-order valence-corrected chi connectivity index (χ3v) is 5.10. The van der Waals surface area contributed by atoms with Gasteiger partial charge in [0.25, 0.3) is 0 Å². The van der Waals surface area contributed by atoms with Crippen LogP contribution in [0.2, 0.25) is 0 Å². The molecule has 0 N–H and O–H groups in total. The maximum Gasteiger partial charge on any atom is 0.394 e. The van der Waals surface area contributed by atoms with E-state index < -0.39 is 7.67 Å². The second-order valence-corrected chi connectivity index (χ2v) is 7.53. The first kappa shape index (κ1) is 15.9. The molecular weight excluding hydrogens is 263 g/mol. The van der Waals surface area contributed by atoms with Crippen LogP contribution in [0.4, 0.5) is 0 Å². The van der Waals surface area contributed by atoms with E-state index in [4.69, 9.17) is 4.52 Å². The molecule has 0 spiro atoms. The molecule has 1 aromatic carbocycles. The van der Waals surface area contributed by atoms with E-state index in [1.54, 1.807) is 49.7 Å². The van der Waals surface area contributed by atoms with E-state index in [1.807, 2.05) is 12.1 Å². The standard InChI is InChI=1S/C13H21N2O3P/c1-11(16)10-12-8-6-7-9-13(12)18-19(17,14(2)3)15(4)5/h6-9H,10H2,1-5H3. The summed E-state index contributed by atoms with van der Waals surface area (Å²) in [6.07, 6.45) is 0.275. The van der Waals surface area contributed by atoms with Gasteiger partial charge in [-0.3, -0.25) is 4.79 Å². The van der Waals surface area contributed by atoms with Gasteiger partial charge in [0.1, 0.15) is 11.5 Å². The summed E-state index contributed by atoms with van der Waals surface area (Å²) in [5, 5.41) is 0. The molecule has 1 aromatic rings. The second-order valence-electron chi connectivity index (χ2n) is 4.76. The highest BCUT2D eigenvalue weighted by molar-refractivity contribution is 7.54. The van der Waals surface area contributed by atoms with E-state index >= 15 is 0 Å². The predicted molar refractivity (Wildman–Crippen MR) is 76.4 cm³/mol. The minimum absolute atomic E-state index is 0.0422. The van der Waals surface area contributed by atoms with E-state index in [0.717, 1.165) is 5.56 Å². The number of carbonyl (C=O) groups is 1. The molecule has 5 nitrogen and oxygen atoms in total. The summed E-state index contributed by atoms with van der Waals surface area (Å²) in [5.41, 5.74) is 0.749. The van der Waals surface area contributed by atoms with Crippen molar-refractivity contribution in [2.24, 2.45) is 0 Å². The lowest BCUT2D eigenvalue weighted by Gasteiger charge is -2.30. The first-order valence-electron chi connectivity index (χ1n) is 6.00. The van der Waals surface area contributed by atoms with Gasteiger partial charge >= 0.3 is 7.67 Å². The Kier molecular flexibility index (Phi) is 5.29. The molecule has 0 aliphatic heterocycles. The molecule has 6 heteroatoms. The number of hydrogen-bond acceptors (Lipinski definition) is 3. The molecular formula is C13H21N2O3P. The smallest absolute Gasteiger partial charge is 0.394 e. The summed E-state index contributed by atoms with van der Waals surface area (Å²) in [6, 6.07) is 7.18. The SMILES string of the molecule is CC(=O)Cc1ccccc1OP(=O)(N(C)C)N(C)C. The Morgan fingerprint density at radius 2 is 1.68 bits per heavy atom. The van der Waals surface area contributed by atoms with Gasteiger partial charge < -0.3 is 4.52 Å². The van der Waals surface area contributed by atoms with Crippen molar-refractivity contribution in [2.45, 2.75) is 13.3 Å². The van der Waals surface area contributed by atoms with E-state index in [0.29, 0.717) is 5.75 Å². The molecule has 0 amide bonds. The zero-order valence-corrected chi connectivity index (χ0v) is 13.0. The topological polar surface area (TPSA) is 49.9 Å². The van der Waals surface area contributed by atoms with Gasteiger partial charge in [0.2, 0.25) is 0 Å². The molecule has 19 heavy (non-hydrogen) atoms. The van der Waals surface area contributed by atoms with Gasteiger partial charge in [-0.1, -0.05) is 18.2 Å². The maximum absolute atomic E-state index is 12.8. The molecule has 0 aromatic heterocycles. The lowest BCUT2D eigenvalue weighted by molar-refractivity contribution is -0.116. The number of hydrogen-bond donors (Lipinski definition) is 0. The molecule has 106 valence electrons. The third-order valence-electron chi connectivity index (χ3n) is 2.64. The number of para-hydroxylation sites is 1. The van der Waals surface area contributed by atoms with Gasteiger partial charge in [0.15, 0.2) is 0 Å². The van der Waals surface area contributed by atoms with Crippen molar-refractivity contribution < 1.29 is 13.9 Å². The lowest BCUT2D eigenvalue weighted by Crippen LogP contribution is -2.24. The number of Topliss-reactive ketones (excluding diaryl/α,β-unsaturated/α-hetero) is 1. The molecule has 0 aliphatic carbocycles. The largest absolute Gasteiger partial charge is 0.422 e. The van der Waals surface area contributed by atoms with E-state index in [1.165, 1.54) is 6.92 Å². The Morgan fingerprint density at radius 1 is 1.16 bits per heavy atom. The van der Waals surface area contributed by atoms with Gasteiger partial charge in [0.05, 0.1) is 0 Å². The van der Waals surface area contributed by atoms with Gasteiger partial charge in [-0.2, -0.15) is 0 Å². The van der Waals surface area contributed by atoms with Crippen LogP contribution in [0.25, 0.3) is 0 Å². The van der Waals surface area contributed by atoms with Crippen molar-refractivity contribution in [2.75, 3.05) is 28.2 Å². The summed E-state index contributed by atoms with van der Waals surface area (Å²) in [4.78, 5) is 11.3. The number of nitrogens with zero attached hydrogens (tertiary/aromatic N) is 2. The highest BCUT2D eigenvalue weighted by atomic mass is 31.2. The molecule has 0 unspecified atom stereocenters. The molecule has 0 bridgehead atoms. The zero-order valence-electron chi connectivity index (χ0n) is 12.1. The van der Waals surface area contributed by atoms with Gasteiger partial charge in [-0.15, -0.1) is 0 Å². The van der Waals surface area contributed by atoms with Crippen LogP contribution in [0.5, 0.6) is 5.75 Å². The minimum Gasteiger partial charge on any atom is -0.422 e. The molecule has 0 radical (unpaired) electrons. The molecule has 0 heterocycles. The second kappa shape index (κ2) is 6.33. The van der Waals surface area contributed by atoms with Crippen LogP contribution in [0, 0.1) is 0 Å². The van der Waals surface area contributed by atoms with Crippen LogP contribution in [-0.4, -0.2) is 43.3 Å². The van der Waals surface area contributed by atoms with Crippen molar-refractivity contribution in [1.29, 1.82) is 0 Å². The molecule has 0 atom stereocenters. The van der Waals surface area contributed by atoms with Crippen LogP contribution in [0.3, 0.4) is 0 Å². The maximum atomic E-state index is 12.8. The first-order valence-corrected chi connectivity index (χ1v) is 7.53. The summed E-state index contributed by atoms with van der Waals surface area (Å²) in [6.45, 7) is 1.52. The monoisotopic (exact) mass is 284 g/mol. The van der Waals surface area contributed by atoms with Crippen LogP contribution < -0.4 is 4.52 Å². The van der Waals surface area contributed by atoms with Gasteiger partial charge in [-0.25, -0.2) is 13.9 Å². The molecule has 1 rings (SSSR count). The summed E-state index contributed by atoms with van der Waals surface area (Å²) < 4.78 is 21.6. The van der Waals surface area contributed by atoms with Crippen molar-refractivity contribution in [3.8, 4) is 5.75 Å². The summed E-state index contributed by atoms with van der Waals surface area (Å²) >= 11 is 0. The summed E-state index contributed by atoms with van der Waals surface area (Å²) in [5.74, 6) is 0.532. The van der Waals surface area contributed by atoms with E-state index in [9.17, 15) is 9.36 Å². The fourth-order valence-corrected chi connectivity index (χ4v) is 3.13. The normalized spacial score (nSPS) is 11.9. The first-order chi connectivity index (χ1) is 8.77. The lowest BCUT2D eigenvalue weighted by atomic mass is 10.1. The van der Waals surface area contributed by atoms with E-state index in [-0.39, 0.29) is 12.2 Å². The molecule has 0 saturated carbocycles. The molecule has 0 aliphatic rings. The molecule has 0 saturated heterocycles. The highest BCUT2D eigenvalue weighted by Crippen LogP contribution is 2.51. The Labute approximate surface area is 114 Å². The Bertz CT molecular complexity index is 488. The fourth-order valence-electron chi connectivity index (χ4n) is 1.66. The fraction of sp³-hybridized carbons (Fsp3) is 0.462. The van der Waals surface area contributed by atoms with Gasteiger partial charge in [0, 0.05) is 12.0 Å². The van der Waals surface area contributed by atoms with Crippen molar-refractivity contribution in [3.63, 3.8) is 0 Å². The zero-order chi connectivity index (χ0) is 14.6. The Balaban J connectivity index is 3.10. The predicted octanol–water partition coefficient (Wildman–Crippen LogP) is 2.43. The number of ketones is 1. The third kappa shape index (κ3) is 3.90. The summed E-state index contributed by atoms with van der Waals surface area (Å²) in [7, 11) is 3.71. The average Bonchev–Trinajstić information content (AvgIpc) is 2.30. The van der Waals surface area contributed by atoms with Crippen molar-refractivity contribution in [3.05, 3.63) is 29.8 Å². The Hall–Kier alpha value is -1.16. The van der Waals surface area contributed by atoms with Crippen molar-refractivity contribution >= 4 is 13.5 Å². The highest BCUT2D eigenvalue weighted by Gasteiger charge is 2.31.